The molecule has 0 spiro atoms. The second-order valence-corrected chi connectivity index (χ2v) is 6.01. The molecule has 1 aromatic carbocycles. The first-order valence-corrected chi connectivity index (χ1v) is 7.95. The molecule has 104 valence electrons. The van der Waals surface area contributed by atoms with Crippen LogP contribution in [0.1, 0.15) is 31.2 Å². The Balaban J connectivity index is 1.62. The summed E-state index contributed by atoms with van der Waals surface area (Å²) in [5.41, 5.74) is 1.35. The van der Waals surface area contributed by atoms with Gasteiger partial charge in [0.1, 0.15) is 11.9 Å². The monoisotopic (exact) mass is 279 g/mol. The Morgan fingerprint density at radius 3 is 2.95 bits per heavy atom. The quantitative estimate of drug-likeness (QED) is 0.786. The van der Waals surface area contributed by atoms with Crippen LogP contribution in [0.25, 0.3) is 0 Å². The lowest BCUT2D eigenvalue weighted by atomic mass is 10.1. The summed E-state index contributed by atoms with van der Waals surface area (Å²) in [4.78, 5) is 2.55. The van der Waals surface area contributed by atoms with Gasteiger partial charge in [0, 0.05) is 24.9 Å². The first-order valence-electron chi connectivity index (χ1n) is 7.41. The predicted octanol–water partition coefficient (Wildman–Crippen LogP) is 3.47. The molecule has 1 fully saturated rings. The smallest absolute Gasteiger partial charge is 0.123 e. The summed E-state index contributed by atoms with van der Waals surface area (Å²) in [5.74, 6) is 1.82. The van der Waals surface area contributed by atoms with Crippen molar-refractivity contribution in [3.63, 3.8) is 0 Å². The van der Waals surface area contributed by atoms with Gasteiger partial charge >= 0.3 is 0 Å². The third-order valence-corrected chi connectivity index (χ3v) is 4.69. The van der Waals surface area contributed by atoms with Crippen molar-refractivity contribution in [3.05, 3.63) is 29.8 Å². The molecule has 1 saturated heterocycles. The molecule has 2 nitrogen and oxygen atoms in total. The van der Waals surface area contributed by atoms with E-state index in [9.17, 15) is 0 Å². The Bertz CT molecular complexity index is 398. The van der Waals surface area contributed by atoms with Gasteiger partial charge in [-0.05, 0) is 31.0 Å². The molecule has 0 aromatic heterocycles. The number of hydrogen-bond acceptors (Lipinski definition) is 2. The Kier molecular flexibility index (Phi) is 4.29. The van der Waals surface area contributed by atoms with Crippen molar-refractivity contribution in [3.8, 4) is 5.75 Å². The fourth-order valence-corrected chi connectivity index (χ4v) is 3.62. The minimum atomic E-state index is 0.307. The van der Waals surface area contributed by atoms with E-state index in [0.717, 1.165) is 24.6 Å². The Morgan fingerprint density at radius 2 is 2.11 bits per heavy atom. The van der Waals surface area contributed by atoms with Crippen LogP contribution in [0.15, 0.2) is 24.3 Å². The van der Waals surface area contributed by atoms with Gasteiger partial charge in [-0.1, -0.05) is 31.0 Å². The van der Waals surface area contributed by atoms with Gasteiger partial charge < -0.3 is 4.74 Å². The maximum absolute atomic E-state index is 6.14. The molecule has 0 amide bonds. The van der Waals surface area contributed by atoms with Crippen molar-refractivity contribution in [2.24, 2.45) is 0 Å². The van der Waals surface area contributed by atoms with Gasteiger partial charge in [0.05, 0.1) is 0 Å². The second-order valence-electron chi connectivity index (χ2n) is 5.70. The van der Waals surface area contributed by atoms with E-state index in [1.807, 2.05) is 0 Å². The summed E-state index contributed by atoms with van der Waals surface area (Å²) < 4.78 is 6.06. The summed E-state index contributed by atoms with van der Waals surface area (Å²) in [6, 6.07) is 8.94. The lowest BCUT2D eigenvalue weighted by molar-refractivity contribution is 0.125. The van der Waals surface area contributed by atoms with E-state index >= 15 is 0 Å². The van der Waals surface area contributed by atoms with Gasteiger partial charge in [-0.2, -0.15) is 0 Å². The topological polar surface area (TPSA) is 12.5 Å². The molecule has 2 aliphatic heterocycles. The SMILES string of the molecule is ClCC1CCCCCN1CC1Cc2ccccc2O1. The summed E-state index contributed by atoms with van der Waals surface area (Å²) in [7, 11) is 0. The molecule has 0 saturated carbocycles. The van der Waals surface area contributed by atoms with Crippen LogP contribution in [0.5, 0.6) is 5.75 Å². The fraction of sp³-hybridized carbons (Fsp3) is 0.625. The van der Waals surface area contributed by atoms with E-state index in [-0.39, 0.29) is 0 Å². The summed E-state index contributed by atoms with van der Waals surface area (Å²) >= 11 is 6.14. The number of rotatable bonds is 3. The Labute approximate surface area is 120 Å². The number of halogens is 1. The zero-order valence-electron chi connectivity index (χ0n) is 11.4. The van der Waals surface area contributed by atoms with Crippen LogP contribution in [0.3, 0.4) is 0 Å². The molecule has 2 aliphatic rings. The zero-order chi connectivity index (χ0) is 13.1. The number of benzene rings is 1. The largest absolute Gasteiger partial charge is 0.488 e. The molecule has 2 atom stereocenters. The number of hydrogen-bond donors (Lipinski definition) is 0. The molecule has 2 unspecified atom stereocenters. The van der Waals surface area contributed by atoms with Gasteiger partial charge in [0.25, 0.3) is 0 Å². The van der Waals surface area contributed by atoms with Crippen molar-refractivity contribution >= 4 is 11.6 Å². The molecule has 1 aromatic rings. The maximum atomic E-state index is 6.14. The first-order chi connectivity index (χ1) is 9.36. The van der Waals surface area contributed by atoms with Crippen LogP contribution in [-0.2, 0) is 6.42 Å². The maximum Gasteiger partial charge on any atom is 0.123 e. The van der Waals surface area contributed by atoms with Crippen LogP contribution >= 0.6 is 11.6 Å². The average molecular weight is 280 g/mol. The molecule has 0 aliphatic carbocycles. The molecular weight excluding hydrogens is 258 g/mol. The lowest BCUT2D eigenvalue weighted by Crippen LogP contribution is -2.42. The molecule has 2 heterocycles. The molecule has 3 rings (SSSR count). The summed E-state index contributed by atoms with van der Waals surface area (Å²) in [6.45, 7) is 2.19. The molecule has 3 heteroatoms. The highest BCUT2D eigenvalue weighted by atomic mass is 35.5. The molecule has 0 N–H and O–H groups in total. The van der Waals surface area contributed by atoms with Crippen LogP contribution < -0.4 is 4.74 Å². The van der Waals surface area contributed by atoms with Crippen molar-refractivity contribution in [2.45, 2.75) is 44.2 Å². The standard InChI is InChI=1S/C16H22ClNO/c17-11-14-7-2-1-5-9-18(14)12-15-10-13-6-3-4-8-16(13)19-15/h3-4,6,8,14-15H,1-2,5,7,9-12H2. The summed E-state index contributed by atoms with van der Waals surface area (Å²) in [5, 5.41) is 0. The highest BCUT2D eigenvalue weighted by Crippen LogP contribution is 2.29. The molecule has 19 heavy (non-hydrogen) atoms. The number of nitrogens with zero attached hydrogens (tertiary/aromatic N) is 1. The number of likely N-dealkylation sites (tertiary alicyclic amines) is 1. The van der Waals surface area contributed by atoms with E-state index in [1.165, 1.54) is 37.8 Å². The minimum absolute atomic E-state index is 0.307. The normalized spacial score (nSPS) is 27.6. The minimum Gasteiger partial charge on any atom is -0.488 e. The number of alkyl halides is 1. The predicted molar refractivity (Wildman–Crippen MR) is 79.1 cm³/mol. The Hall–Kier alpha value is -0.730. The van der Waals surface area contributed by atoms with Gasteiger partial charge in [-0.15, -0.1) is 11.6 Å². The van der Waals surface area contributed by atoms with Gasteiger partial charge in [0.15, 0.2) is 0 Å². The van der Waals surface area contributed by atoms with Crippen molar-refractivity contribution in [1.82, 2.24) is 4.90 Å². The van der Waals surface area contributed by atoms with Crippen molar-refractivity contribution in [1.29, 1.82) is 0 Å². The van der Waals surface area contributed by atoms with E-state index in [0.29, 0.717) is 12.1 Å². The number of fused-ring (bicyclic) bond motifs is 1. The lowest BCUT2D eigenvalue weighted by Gasteiger charge is -2.30. The van der Waals surface area contributed by atoms with Gasteiger partial charge in [-0.3, -0.25) is 4.90 Å². The van der Waals surface area contributed by atoms with E-state index in [4.69, 9.17) is 16.3 Å². The van der Waals surface area contributed by atoms with Crippen LogP contribution in [0, 0.1) is 0 Å². The van der Waals surface area contributed by atoms with Crippen molar-refractivity contribution < 1.29 is 4.74 Å². The molecular formula is C16H22ClNO. The highest BCUT2D eigenvalue weighted by molar-refractivity contribution is 6.18. The van der Waals surface area contributed by atoms with Crippen LogP contribution in [0.4, 0.5) is 0 Å². The summed E-state index contributed by atoms with van der Waals surface area (Å²) in [6.07, 6.45) is 6.55. The van der Waals surface area contributed by atoms with Crippen LogP contribution in [-0.4, -0.2) is 36.0 Å². The molecule has 0 bridgehead atoms. The Morgan fingerprint density at radius 1 is 1.21 bits per heavy atom. The average Bonchev–Trinajstić information content (AvgIpc) is 2.70. The van der Waals surface area contributed by atoms with Crippen LogP contribution in [0.2, 0.25) is 0 Å². The third kappa shape index (κ3) is 3.06. The first kappa shape index (κ1) is 13.3. The third-order valence-electron chi connectivity index (χ3n) is 4.33. The van der Waals surface area contributed by atoms with Crippen molar-refractivity contribution in [2.75, 3.05) is 19.0 Å². The fourth-order valence-electron chi connectivity index (χ4n) is 3.27. The molecule has 0 radical (unpaired) electrons. The highest BCUT2D eigenvalue weighted by Gasteiger charge is 2.28. The van der Waals surface area contributed by atoms with Gasteiger partial charge in [-0.25, -0.2) is 0 Å². The second kappa shape index (κ2) is 6.15. The van der Waals surface area contributed by atoms with E-state index in [1.54, 1.807) is 0 Å². The zero-order valence-corrected chi connectivity index (χ0v) is 12.1. The van der Waals surface area contributed by atoms with E-state index in [2.05, 4.69) is 29.2 Å². The number of ether oxygens (including phenoxy) is 1. The number of para-hydroxylation sites is 1. The van der Waals surface area contributed by atoms with Gasteiger partial charge in [0.2, 0.25) is 0 Å². The van der Waals surface area contributed by atoms with E-state index < -0.39 is 0 Å².